The molecule has 98 valence electrons. The fourth-order valence-corrected chi connectivity index (χ4v) is 2.66. The van der Waals surface area contributed by atoms with Crippen LogP contribution in [0.1, 0.15) is 40.0 Å². The minimum Gasteiger partial charge on any atom is -0.378 e. The molecule has 0 spiro atoms. The van der Waals surface area contributed by atoms with E-state index in [1.807, 2.05) is 6.92 Å². The third-order valence-electron chi connectivity index (χ3n) is 4.08. The first-order chi connectivity index (χ1) is 8.05. The predicted molar refractivity (Wildman–Crippen MR) is 64.7 cm³/mol. The Morgan fingerprint density at radius 2 is 2.29 bits per heavy atom. The van der Waals surface area contributed by atoms with Crippen LogP contribution in [0.5, 0.6) is 0 Å². The zero-order valence-electron chi connectivity index (χ0n) is 11.0. The highest BCUT2D eigenvalue weighted by Crippen LogP contribution is 2.42. The maximum Gasteiger partial charge on any atom is 0.249 e. The van der Waals surface area contributed by atoms with Gasteiger partial charge in [0, 0.05) is 24.7 Å². The molecule has 1 saturated heterocycles. The van der Waals surface area contributed by atoms with Crippen molar-refractivity contribution in [3.8, 4) is 0 Å². The zero-order valence-corrected chi connectivity index (χ0v) is 11.0. The SMILES string of the molecule is CCOC1CC(NC(=O)C2CCCO2)C1(C)C. The number of carbonyl (C=O) groups is 1. The number of carbonyl (C=O) groups excluding carboxylic acids is 1. The Morgan fingerprint density at radius 3 is 2.82 bits per heavy atom. The van der Waals surface area contributed by atoms with Gasteiger partial charge in [-0.05, 0) is 26.2 Å². The summed E-state index contributed by atoms with van der Waals surface area (Å²) in [5, 5.41) is 3.09. The van der Waals surface area contributed by atoms with Crippen molar-refractivity contribution in [3.63, 3.8) is 0 Å². The van der Waals surface area contributed by atoms with Crippen LogP contribution in [0, 0.1) is 5.41 Å². The van der Waals surface area contributed by atoms with Gasteiger partial charge >= 0.3 is 0 Å². The Labute approximate surface area is 103 Å². The highest BCUT2D eigenvalue weighted by Gasteiger charge is 2.50. The van der Waals surface area contributed by atoms with Crippen molar-refractivity contribution in [2.45, 2.75) is 58.3 Å². The van der Waals surface area contributed by atoms with Crippen molar-refractivity contribution in [1.82, 2.24) is 5.32 Å². The molecule has 1 saturated carbocycles. The molecule has 0 bridgehead atoms. The van der Waals surface area contributed by atoms with Gasteiger partial charge < -0.3 is 14.8 Å². The van der Waals surface area contributed by atoms with Crippen LogP contribution in [0.3, 0.4) is 0 Å². The third-order valence-corrected chi connectivity index (χ3v) is 4.08. The quantitative estimate of drug-likeness (QED) is 0.811. The van der Waals surface area contributed by atoms with Crippen LogP contribution in [0.25, 0.3) is 0 Å². The fraction of sp³-hybridized carbons (Fsp3) is 0.923. The molecule has 3 atom stereocenters. The van der Waals surface area contributed by atoms with E-state index in [9.17, 15) is 4.79 Å². The molecule has 1 amide bonds. The lowest BCUT2D eigenvalue weighted by atomic mass is 9.64. The molecular weight excluding hydrogens is 218 g/mol. The lowest BCUT2D eigenvalue weighted by Crippen LogP contribution is -2.63. The summed E-state index contributed by atoms with van der Waals surface area (Å²) in [4.78, 5) is 11.9. The Bertz CT molecular complexity index is 284. The summed E-state index contributed by atoms with van der Waals surface area (Å²) in [6.07, 6.45) is 2.81. The number of hydrogen-bond donors (Lipinski definition) is 1. The molecule has 4 heteroatoms. The van der Waals surface area contributed by atoms with Gasteiger partial charge in [0.05, 0.1) is 6.10 Å². The summed E-state index contributed by atoms with van der Waals surface area (Å²) in [5.74, 6) is 0.0514. The average Bonchev–Trinajstić information content (AvgIpc) is 2.81. The molecule has 1 heterocycles. The molecule has 0 aromatic carbocycles. The van der Waals surface area contributed by atoms with Crippen LogP contribution >= 0.6 is 0 Å². The van der Waals surface area contributed by atoms with E-state index in [0.29, 0.717) is 6.61 Å². The highest BCUT2D eigenvalue weighted by molar-refractivity contribution is 5.81. The molecule has 0 aromatic rings. The van der Waals surface area contributed by atoms with E-state index >= 15 is 0 Å². The van der Waals surface area contributed by atoms with Gasteiger partial charge in [0.1, 0.15) is 6.10 Å². The Kier molecular flexibility index (Phi) is 3.73. The van der Waals surface area contributed by atoms with E-state index < -0.39 is 0 Å². The van der Waals surface area contributed by atoms with Crippen LogP contribution in [-0.4, -0.2) is 37.4 Å². The topological polar surface area (TPSA) is 47.6 Å². The van der Waals surface area contributed by atoms with Crippen molar-refractivity contribution < 1.29 is 14.3 Å². The number of hydrogen-bond acceptors (Lipinski definition) is 3. The number of amides is 1. The molecule has 1 N–H and O–H groups in total. The van der Waals surface area contributed by atoms with Crippen molar-refractivity contribution in [2.24, 2.45) is 5.41 Å². The molecule has 0 aromatic heterocycles. The number of ether oxygens (including phenoxy) is 2. The number of nitrogens with one attached hydrogen (secondary N) is 1. The first-order valence-electron chi connectivity index (χ1n) is 6.59. The summed E-state index contributed by atoms with van der Waals surface area (Å²) < 4.78 is 11.0. The van der Waals surface area contributed by atoms with E-state index in [0.717, 1.165) is 25.9 Å². The monoisotopic (exact) mass is 241 g/mol. The van der Waals surface area contributed by atoms with Gasteiger partial charge in [-0.3, -0.25) is 4.79 Å². The minimum absolute atomic E-state index is 0.0320. The van der Waals surface area contributed by atoms with E-state index in [-0.39, 0.29) is 29.6 Å². The molecule has 1 aliphatic heterocycles. The molecular formula is C13H23NO3. The number of rotatable bonds is 4. The lowest BCUT2D eigenvalue weighted by Gasteiger charge is -2.51. The van der Waals surface area contributed by atoms with Crippen LogP contribution in [0.15, 0.2) is 0 Å². The first kappa shape index (κ1) is 12.8. The smallest absolute Gasteiger partial charge is 0.249 e. The van der Waals surface area contributed by atoms with Crippen molar-refractivity contribution in [3.05, 3.63) is 0 Å². The zero-order chi connectivity index (χ0) is 12.5. The largest absolute Gasteiger partial charge is 0.378 e. The Hall–Kier alpha value is -0.610. The molecule has 2 aliphatic rings. The van der Waals surface area contributed by atoms with Gasteiger partial charge in [0.25, 0.3) is 0 Å². The van der Waals surface area contributed by atoms with Crippen molar-refractivity contribution in [1.29, 1.82) is 0 Å². The standard InChI is InChI=1S/C13H23NO3/c1-4-16-11-8-10(13(11,2)3)14-12(15)9-6-5-7-17-9/h9-11H,4-8H2,1-3H3,(H,14,15). The molecule has 2 rings (SSSR count). The second kappa shape index (κ2) is 4.94. The van der Waals surface area contributed by atoms with E-state index in [1.165, 1.54) is 0 Å². The van der Waals surface area contributed by atoms with E-state index in [4.69, 9.17) is 9.47 Å². The second-order valence-electron chi connectivity index (χ2n) is 5.56. The van der Waals surface area contributed by atoms with Crippen LogP contribution in [0.2, 0.25) is 0 Å². The molecule has 17 heavy (non-hydrogen) atoms. The molecule has 4 nitrogen and oxygen atoms in total. The summed E-state index contributed by atoms with van der Waals surface area (Å²) >= 11 is 0. The summed E-state index contributed by atoms with van der Waals surface area (Å²) in [7, 11) is 0. The van der Waals surface area contributed by atoms with Gasteiger partial charge in [-0.1, -0.05) is 13.8 Å². The normalized spacial score (nSPS) is 35.4. The van der Waals surface area contributed by atoms with Crippen molar-refractivity contribution in [2.75, 3.05) is 13.2 Å². The summed E-state index contributed by atoms with van der Waals surface area (Å²) in [6.45, 7) is 7.76. The van der Waals surface area contributed by atoms with Crippen LogP contribution in [0.4, 0.5) is 0 Å². The molecule has 0 radical (unpaired) electrons. The Balaban J connectivity index is 1.82. The van der Waals surface area contributed by atoms with Crippen LogP contribution in [-0.2, 0) is 14.3 Å². The molecule has 3 unspecified atom stereocenters. The van der Waals surface area contributed by atoms with E-state index in [2.05, 4.69) is 19.2 Å². The molecule has 2 fully saturated rings. The van der Waals surface area contributed by atoms with Crippen molar-refractivity contribution >= 4 is 5.91 Å². The highest BCUT2D eigenvalue weighted by atomic mass is 16.5. The predicted octanol–water partition coefficient (Wildman–Crippen LogP) is 1.49. The van der Waals surface area contributed by atoms with Gasteiger partial charge in [0.2, 0.25) is 5.91 Å². The van der Waals surface area contributed by atoms with Gasteiger partial charge in [-0.2, -0.15) is 0 Å². The van der Waals surface area contributed by atoms with Gasteiger partial charge in [-0.15, -0.1) is 0 Å². The summed E-state index contributed by atoms with van der Waals surface area (Å²) in [6, 6.07) is 0.218. The lowest BCUT2D eigenvalue weighted by molar-refractivity contribution is -0.143. The Morgan fingerprint density at radius 1 is 1.53 bits per heavy atom. The maximum atomic E-state index is 11.9. The maximum absolute atomic E-state index is 11.9. The minimum atomic E-state index is -0.225. The first-order valence-corrected chi connectivity index (χ1v) is 6.59. The van der Waals surface area contributed by atoms with Crippen LogP contribution < -0.4 is 5.32 Å². The summed E-state index contributed by atoms with van der Waals surface area (Å²) in [5.41, 5.74) is 0.0320. The average molecular weight is 241 g/mol. The fourth-order valence-electron chi connectivity index (χ4n) is 2.66. The van der Waals surface area contributed by atoms with Gasteiger partial charge in [-0.25, -0.2) is 0 Å². The molecule has 1 aliphatic carbocycles. The van der Waals surface area contributed by atoms with E-state index in [1.54, 1.807) is 0 Å². The third kappa shape index (κ3) is 2.47. The second-order valence-corrected chi connectivity index (χ2v) is 5.56. The van der Waals surface area contributed by atoms with Gasteiger partial charge in [0.15, 0.2) is 0 Å².